The Morgan fingerprint density at radius 2 is 1.91 bits per heavy atom. The van der Waals surface area contributed by atoms with Crippen molar-refractivity contribution in [2.75, 3.05) is 19.7 Å². The molecular weight excluding hydrogens is 488 g/mol. The third-order valence-electron chi connectivity index (χ3n) is 5.22. The lowest BCUT2D eigenvalue weighted by atomic mass is 10.1. The summed E-state index contributed by atoms with van der Waals surface area (Å²) >= 11 is 3.49. The molecule has 3 N–H and O–H groups in total. The summed E-state index contributed by atoms with van der Waals surface area (Å²) in [4.78, 5) is 12.5. The summed E-state index contributed by atoms with van der Waals surface area (Å²) in [5.74, 6) is 1.97. The molecule has 0 fully saturated rings. The minimum absolute atomic E-state index is 0.169. The van der Waals surface area contributed by atoms with Gasteiger partial charge in [-0.25, -0.2) is 4.68 Å². The van der Waals surface area contributed by atoms with Crippen LogP contribution in [0.3, 0.4) is 0 Å². The maximum absolute atomic E-state index is 12.5. The van der Waals surface area contributed by atoms with Crippen LogP contribution in [0.2, 0.25) is 0 Å². The Bertz CT molecular complexity index is 1160. The van der Waals surface area contributed by atoms with E-state index in [1.807, 2.05) is 43.3 Å². The van der Waals surface area contributed by atoms with Crippen molar-refractivity contribution in [1.29, 1.82) is 0 Å². The molecule has 0 radical (unpaired) electrons. The minimum Gasteiger partial charge on any atom is -0.508 e. The number of phenolic OH excluding ortho intramolecular Hbond substituents is 1. The van der Waals surface area contributed by atoms with E-state index in [-0.39, 0.29) is 18.3 Å². The molecule has 0 saturated carbocycles. The van der Waals surface area contributed by atoms with E-state index in [1.165, 1.54) is 0 Å². The molecule has 8 nitrogen and oxygen atoms in total. The lowest BCUT2D eigenvalue weighted by molar-refractivity contribution is -0.130. The first-order valence-corrected chi connectivity index (χ1v) is 11.4. The fourth-order valence-corrected chi connectivity index (χ4v) is 3.65. The Labute approximate surface area is 200 Å². The zero-order valence-corrected chi connectivity index (χ0v) is 19.7. The molecule has 0 aliphatic carbocycles. The first kappa shape index (κ1) is 22.7. The van der Waals surface area contributed by atoms with Crippen molar-refractivity contribution in [2.24, 2.45) is 0 Å². The molecule has 33 heavy (non-hydrogen) atoms. The zero-order chi connectivity index (χ0) is 23.2. The van der Waals surface area contributed by atoms with Crippen LogP contribution in [0.5, 0.6) is 17.2 Å². The van der Waals surface area contributed by atoms with E-state index in [1.54, 1.807) is 29.1 Å². The second kappa shape index (κ2) is 10.4. The Kier molecular flexibility index (Phi) is 7.19. The third kappa shape index (κ3) is 5.48. The summed E-state index contributed by atoms with van der Waals surface area (Å²) in [6, 6.07) is 14.5. The number of aromatic nitrogens is 2. The summed E-state index contributed by atoms with van der Waals surface area (Å²) in [7, 11) is 0. The van der Waals surface area contributed by atoms with Gasteiger partial charge in [0.05, 0.1) is 16.4 Å². The molecule has 9 heteroatoms. The number of nitrogens with zero attached hydrogens (tertiary/aromatic N) is 2. The van der Waals surface area contributed by atoms with Crippen LogP contribution in [0.25, 0.3) is 5.82 Å². The van der Waals surface area contributed by atoms with Gasteiger partial charge in [0.1, 0.15) is 18.2 Å². The first-order chi connectivity index (χ1) is 16.0. The summed E-state index contributed by atoms with van der Waals surface area (Å²) < 4.78 is 14.0. The number of amides is 1. The molecule has 0 bridgehead atoms. The molecule has 1 amide bonds. The fourth-order valence-electron chi connectivity index (χ4n) is 3.39. The quantitative estimate of drug-likeness (QED) is 0.401. The fraction of sp³-hybridized carbons (Fsp3) is 0.250. The van der Waals surface area contributed by atoms with Gasteiger partial charge in [0.15, 0.2) is 11.5 Å². The van der Waals surface area contributed by atoms with Crippen molar-refractivity contribution in [3.63, 3.8) is 0 Å². The summed E-state index contributed by atoms with van der Waals surface area (Å²) in [6.07, 6.45) is 3.51. The molecule has 1 atom stereocenters. The Hall–Kier alpha value is -3.46. The van der Waals surface area contributed by atoms with E-state index in [2.05, 4.69) is 31.7 Å². The van der Waals surface area contributed by atoms with Crippen LogP contribution in [0, 0.1) is 6.92 Å². The average Bonchev–Trinajstić information content (AvgIpc) is 3.17. The number of ether oxygens (including phenoxy) is 2. The Morgan fingerprint density at radius 3 is 2.67 bits per heavy atom. The van der Waals surface area contributed by atoms with Crippen LogP contribution in [-0.4, -0.2) is 46.6 Å². The maximum atomic E-state index is 12.5. The molecule has 2 aromatic carbocycles. The molecule has 1 aromatic heterocycles. The molecule has 3 aromatic rings. The standard InChI is InChI=1S/C24H25BrN4O4/c1-16-18(25)14-28-29(16)23(11-10-17-6-2-3-7-19(17)30)26-12-13-27-24(31)22-15-32-20-8-4-5-9-21(20)33-22/h2-9,11,14,22,26,30H,10,12-13,15H2,1H3,(H,27,31)/b23-11-. The van der Waals surface area contributed by atoms with Crippen LogP contribution in [0.1, 0.15) is 11.3 Å². The molecule has 1 unspecified atom stereocenters. The number of hydrogen-bond donors (Lipinski definition) is 3. The highest BCUT2D eigenvalue weighted by Gasteiger charge is 2.26. The summed E-state index contributed by atoms with van der Waals surface area (Å²) in [6.45, 7) is 2.98. The molecule has 1 aliphatic rings. The van der Waals surface area contributed by atoms with Crippen molar-refractivity contribution in [1.82, 2.24) is 20.4 Å². The van der Waals surface area contributed by atoms with Gasteiger partial charge in [0.25, 0.3) is 5.91 Å². The summed E-state index contributed by atoms with van der Waals surface area (Å²) in [5.41, 5.74) is 1.74. The molecule has 172 valence electrons. The molecular formula is C24H25BrN4O4. The highest BCUT2D eigenvalue weighted by atomic mass is 79.9. The SMILES string of the molecule is Cc1c(Br)cnn1/C(=C\Cc1ccccc1O)NCCNC(=O)C1COc2ccccc2O1. The van der Waals surface area contributed by atoms with Gasteiger partial charge >= 0.3 is 0 Å². The number of aromatic hydroxyl groups is 1. The predicted octanol–water partition coefficient (Wildman–Crippen LogP) is 3.25. The second-order valence-corrected chi connectivity index (χ2v) is 8.35. The van der Waals surface area contributed by atoms with Crippen LogP contribution in [0.15, 0.2) is 65.3 Å². The van der Waals surface area contributed by atoms with Crippen molar-refractivity contribution in [3.05, 3.63) is 76.5 Å². The summed E-state index contributed by atoms with van der Waals surface area (Å²) in [5, 5.41) is 20.7. The van der Waals surface area contributed by atoms with E-state index in [0.717, 1.165) is 21.6 Å². The van der Waals surface area contributed by atoms with Crippen LogP contribution in [0.4, 0.5) is 0 Å². The number of carbonyl (C=O) groups excluding carboxylic acids is 1. The zero-order valence-electron chi connectivity index (χ0n) is 18.1. The minimum atomic E-state index is -0.694. The van der Waals surface area contributed by atoms with E-state index < -0.39 is 6.10 Å². The smallest absolute Gasteiger partial charge is 0.264 e. The van der Waals surface area contributed by atoms with Gasteiger partial charge in [-0.1, -0.05) is 30.3 Å². The molecule has 4 rings (SSSR count). The number of carbonyl (C=O) groups is 1. The predicted molar refractivity (Wildman–Crippen MR) is 128 cm³/mol. The number of rotatable bonds is 8. The highest BCUT2D eigenvalue weighted by molar-refractivity contribution is 9.10. The van der Waals surface area contributed by atoms with Crippen LogP contribution in [-0.2, 0) is 11.2 Å². The lowest BCUT2D eigenvalue weighted by Gasteiger charge is -2.25. The van der Waals surface area contributed by atoms with Crippen LogP contribution >= 0.6 is 15.9 Å². The normalized spacial score (nSPS) is 15.2. The molecule has 2 heterocycles. The Morgan fingerprint density at radius 1 is 1.18 bits per heavy atom. The highest BCUT2D eigenvalue weighted by Crippen LogP contribution is 2.30. The third-order valence-corrected chi connectivity index (χ3v) is 5.99. The number of halogens is 1. The number of allylic oxidation sites excluding steroid dienone is 1. The van der Waals surface area contributed by atoms with Gasteiger partial charge in [-0.15, -0.1) is 0 Å². The van der Waals surface area contributed by atoms with Gasteiger partial charge in [-0.2, -0.15) is 5.10 Å². The average molecular weight is 513 g/mol. The van der Waals surface area contributed by atoms with Crippen molar-refractivity contribution in [2.45, 2.75) is 19.4 Å². The maximum Gasteiger partial charge on any atom is 0.264 e. The number of fused-ring (bicyclic) bond motifs is 1. The van der Waals surface area contributed by atoms with E-state index in [4.69, 9.17) is 9.47 Å². The number of para-hydroxylation sites is 3. The van der Waals surface area contributed by atoms with Crippen molar-refractivity contribution in [3.8, 4) is 17.2 Å². The van der Waals surface area contributed by atoms with E-state index in [9.17, 15) is 9.90 Å². The van der Waals surface area contributed by atoms with Crippen molar-refractivity contribution < 1.29 is 19.4 Å². The molecule has 1 aliphatic heterocycles. The van der Waals surface area contributed by atoms with Gasteiger partial charge < -0.3 is 25.2 Å². The monoisotopic (exact) mass is 512 g/mol. The van der Waals surface area contributed by atoms with E-state index >= 15 is 0 Å². The van der Waals surface area contributed by atoms with Gasteiger partial charge in [0.2, 0.25) is 6.10 Å². The topological polar surface area (TPSA) is 97.6 Å². The number of hydrogen-bond acceptors (Lipinski definition) is 6. The lowest BCUT2D eigenvalue weighted by Crippen LogP contribution is -2.45. The molecule has 0 spiro atoms. The largest absolute Gasteiger partial charge is 0.508 e. The van der Waals surface area contributed by atoms with Gasteiger partial charge in [0, 0.05) is 13.1 Å². The number of nitrogens with one attached hydrogen (secondary N) is 2. The number of benzene rings is 2. The molecule has 0 saturated heterocycles. The van der Waals surface area contributed by atoms with E-state index in [0.29, 0.717) is 31.0 Å². The Balaban J connectivity index is 1.35. The number of phenols is 1. The van der Waals surface area contributed by atoms with Gasteiger partial charge in [-0.3, -0.25) is 4.79 Å². The second-order valence-electron chi connectivity index (χ2n) is 7.49. The first-order valence-electron chi connectivity index (χ1n) is 10.6. The van der Waals surface area contributed by atoms with Crippen molar-refractivity contribution >= 4 is 27.7 Å². The van der Waals surface area contributed by atoms with Gasteiger partial charge in [-0.05, 0) is 59.1 Å². The van der Waals surface area contributed by atoms with Crippen LogP contribution < -0.4 is 20.1 Å².